The Hall–Kier alpha value is -1.42. The number of rotatable bonds is 7. The summed E-state index contributed by atoms with van der Waals surface area (Å²) in [6.07, 6.45) is 4.06. The third kappa shape index (κ3) is 4.95. The van der Waals surface area contributed by atoms with Gasteiger partial charge in [-0.3, -0.25) is 9.78 Å². The molecule has 0 saturated carbocycles. The van der Waals surface area contributed by atoms with E-state index in [0.29, 0.717) is 6.42 Å². The van der Waals surface area contributed by atoms with E-state index in [1.807, 2.05) is 12.3 Å². The molecular formula is C13H20N2O2. The number of hydrogen-bond acceptors (Lipinski definition) is 4. The lowest BCUT2D eigenvalue weighted by Gasteiger charge is -2.07. The highest BCUT2D eigenvalue weighted by molar-refractivity contribution is 5.69. The van der Waals surface area contributed by atoms with E-state index < -0.39 is 0 Å². The fourth-order valence-corrected chi connectivity index (χ4v) is 1.62. The zero-order chi connectivity index (χ0) is 12.5. The summed E-state index contributed by atoms with van der Waals surface area (Å²) >= 11 is 0. The third-order valence-electron chi connectivity index (χ3n) is 2.62. The van der Waals surface area contributed by atoms with Crippen LogP contribution in [0.1, 0.15) is 31.0 Å². The van der Waals surface area contributed by atoms with E-state index in [0.717, 1.165) is 31.6 Å². The Balaban J connectivity index is 2.24. The molecule has 0 amide bonds. The molecule has 1 rings (SSSR count). The molecule has 0 aliphatic rings. The van der Waals surface area contributed by atoms with E-state index >= 15 is 0 Å². The summed E-state index contributed by atoms with van der Waals surface area (Å²) < 4.78 is 4.57. The normalized spacial score (nSPS) is 10.2. The molecule has 1 aromatic rings. The summed E-state index contributed by atoms with van der Waals surface area (Å²) in [7, 11) is 1.41. The van der Waals surface area contributed by atoms with Crippen LogP contribution in [-0.2, 0) is 22.5 Å². The van der Waals surface area contributed by atoms with Crippen molar-refractivity contribution in [2.45, 2.75) is 32.7 Å². The van der Waals surface area contributed by atoms with Gasteiger partial charge in [0.25, 0.3) is 0 Å². The largest absolute Gasteiger partial charge is 0.469 e. The van der Waals surface area contributed by atoms with Crippen LogP contribution in [0.2, 0.25) is 0 Å². The van der Waals surface area contributed by atoms with Crippen molar-refractivity contribution >= 4 is 5.97 Å². The van der Waals surface area contributed by atoms with Crippen molar-refractivity contribution in [1.82, 2.24) is 10.3 Å². The first kappa shape index (κ1) is 13.6. The van der Waals surface area contributed by atoms with Crippen LogP contribution in [0.5, 0.6) is 0 Å². The van der Waals surface area contributed by atoms with Crippen molar-refractivity contribution in [3.8, 4) is 0 Å². The van der Waals surface area contributed by atoms with Gasteiger partial charge < -0.3 is 10.1 Å². The highest BCUT2D eigenvalue weighted by Gasteiger charge is 2.02. The Bertz CT molecular complexity index is 353. The van der Waals surface area contributed by atoms with Crippen LogP contribution in [-0.4, -0.2) is 24.6 Å². The molecule has 17 heavy (non-hydrogen) atoms. The van der Waals surface area contributed by atoms with Gasteiger partial charge in [-0.25, -0.2) is 0 Å². The number of esters is 1. The third-order valence-corrected chi connectivity index (χ3v) is 2.62. The minimum Gasteiger partial charge on any atom is -0.469 e. The first-order valence-electron chi connectivity index (χ1n) is 5.98. The molecule has 1 heterocycles. The molecule has 4 nitrogen and oxygen atoms in total. The van der Waals surface area contributed by atoms with Crippen LogP contribution >= 0.6 is 0 Å². The number of aromatic nitrogens is 1. The summed E-state index contributed by atoms with van der Waals surface area (Å²) in [5, 5.41) is 3.29. The monoisotopic (exact) mass is 236 g/mol. The molecule has 4 heteroatoms. The standard InChI is InChI=1S/C13H20N2O2/c1-3-11-6-4-9-15-12(11)10-14-8-5-7-13(16)17-2/h4,6,9,14H,3,5,7-8,10H2,1-2H3. The fraction of sp³-hybridized carbons (Fsp3) is 0.538. The number of carbonyl (C=O) groups is 1. The molecule has 0 bridgehead atoms. The Morgan fingerprint density at radius 2 is 2.35 bits per heavy atom. The SMILES string of the molecule is CCc1cccnc1CNCCCC(=O)OC. The van der Waals surface area contributed by atoms with Crippen LogP contribution in [0, 0.1) is 0 Å². The van der Waals surface area contributed by atoms with Crippen LogP contribution in [0.3, 0.4) is 0 Å². The number of pyridine rings is 1. The van der Waals surface area contributed by atoms with Crippen LogP contribution in [0.4, 0.5) is 0 Å². The van der Waals surface area contributed by atoms with Gasteiger partial charge in [-0.05, 0) is 31.0 Å². The first-order chi connectivity index (χ1) is 8.27. The molecule has 0 aliphatic carbocycles. The maximum atomic E-state index is 10.9. The molecule has 0 saturated heterocycles. The minimum absolute atomic E-state index is 0.154. The Morgan fingerprint density at radius 3 is 3.06 bits per heavy atom. The highest BCUT2D eigenvalue weighted by Crippen LogP contribution is 2.05. The zero-order valence-electron chi connectivity index (χ0n) is 10.5. The van der Waals surface area contributed by atoms with E-state index in [1.54, 1.807) is 0 Å². The smallest absolute Gasteiger partial charge is 0.305 e. The van der Waals surface area contributed by atoms with Gasteiger partial charge in [0.1, 0.15) is 0 Å². The Morgan fingerprint density at radius 1 is 1.53 bits per heavy atom. The maximum Gasteiger partial charge on any atom is 0.305 e. The van der Waals surface area contributed by atoms with Crippen molar-refractivity contribution in [3.05, 3.63) is 29.6 Å². The zero-order valence-corrected chi connectivity index (χ0v) is 10.5. The first-order valence-corrected chi connectivity index (χ1v) is 5.98. The second-order valence-electron chi connectivity index (χ2n) is 3.82. The average Bonchev–Trinajstić information content (AvgIpc) is 2.38. The van der Waals surface area contributed by atoms with Gasteiger partial charge in [0.05, 0.1) is 12.8 Å². The van der Waals surface area contributed by atoms with Crippen LogP contribution < -0.4 is 5.32 Å². The summed E-state index contributed by atoms with van der Waals surface area (Å²) in [6.45, 7) is 3.68. The predicted octanol–water partition coefficient (Wildman–Crippen LogP) is 1.69. The second-order valence-corrected chi connectivity index (χ2v) is 3.82. The van der Waals surface area contributed by atoms with E-state index in [1.165, 1.54) is 12.7 Å². The lowest BCUT2D eigenvalue weighted by atomic mass is 10.1. The van der Waals surface area contributed by atoms with Crippen molar-refractivity contribution in [1.29, 1.82) is 0 Å². The number of nitrogens with one attached hydrogen (secondary N) is 1. The topological polar surface area (TPSA) is 51.2 Å². The molecule has 1 N–H and O–H groups in total. The average molecular weight is 236 g/mol. The van der Waals surface area contributed by atoms with E-state index in [-0.39, 0.29) is 5.97 Å². The molecule has 1 aromatic heterocycles. The molecule has 0 radical (unpaired) electrons. The Kier molecular flexibility index (Phi) is 6.25. The molecule has 0 fully saturated rings. The van der Waals surface area contributed by atoms with Gasteiger partial charge >= 0.3 is 5.97 Å². The lowest BCUT2D eigenvalue weighted by molar-refractivity contribution is -0.140. The number of aryl methyl sites for hydroxylation is 1. The van der Waals surface area contributed by atoms with Gasteiger partial charge in [0, 0.05) is 19.2 Å². The molecule has 0 aliphatic heterocycles. The summed E-state index contributed by atoms with van der Waals surface area (Å²) in [5.74, 6) is -0.154. The van der Waals surface area contributed by atoms with E-state index in [4.69, 9.17) is 0 Å². The van der Waals surface area contributed by atoms with Crippen LogP contribution in [0.15, 0.2) is 18.3 Å². The fourth-order valence-electron chi connectivity index (χ4n) is 1.62. The number of nitrogens with zero attached hydrogens (tertiary/aromatic N) is 1. The van der Waals surface area contributed by atoms with Gasteiger partial charge in [0.15, 0.2) is 0 Å². The number of hydrogen-bond donors (Lipinski definition) is 1. The van der Waals surface area contributed by atoms with Gasteiger partial charge in [-0.15, -0.1) is 0 Å². The second kappa shape index (κ2) is 7.79. The summed E-state index contributed by atoms with van der Waals surface area (Å²) in [4.78, 5) is 15.2. The summed E-state index contributed by atoms with van der Waals surface area (Å²) in [6, 6.07) is 4.05. The van der Waals surface area contributed by atoms with Crippen LogP contribution in [0.25, 0.3) is 0 Å². The molecule has 94 valence electrons. The molecular weight excluding hydrogens is 216 g/mol. The summed E-state index contributed by atoms with van der Waals surface area (Å²) in [5.41, 5.74) is 2.36. The lowest BCUT2D eigenvalue weighted by Crippen LogP contribution is -2.17. The number of ether oxygens (including phenoxy) is 1. The van der Waals surface area contributed by atoms with Gasteiger partial charge in [-0.1, -0.05) is 13.0 Å². The predicted molar refractivity (Wildman–Crippen MR) is 66.6 cm³/mol. The number of methoxy groups -OCH3 is 1. The van der Waals surface area contributed by atoms with Crippen molar-refractivity contribution in [2.24, 2.45) is 0 Å². The van der Waals surface area contributed by atoms with Crippen molar-refractivity contribution in [2.75, 3.05) is 13.7 Å². The Labute approximate surface area is 102 Å². The molecule has 0 spiro atoms. The number of carbonyl (C=O) groups excluding carboxylic acids is 1. The molecule has 0 unspecified atom stereocenters. The van der Waals surface area contributed by atoms with E-state index in [2.05, 4.69) is 28.0 Å². The maximum absolute atomic E-state index is 10.9. The minimum atomic E-state index is -0.154. The highest BCUT2D eigenvalue weighted by atomic mass is 16.5. The molecule has 0 aromatic carbocycles. The van der Waals surface area contributed by atoms with Crippen molar-refractivity contribution < 1.29 is 9.53 Å². The molecule has 0 atom stereocenters. The van der Waals surface area contributed by atoms with Gasteiger partial charge in [0.2, 0.25) is 0 Å². The van der Waals surface area contributed by atoms with Gasteiger partial charge in [-0.2, -0.15) is 0 Å². The quantitative estimate of drug-likeness (QED) is 0.578. The van der Waals surface area contributed by atoms with E-state index in [9.17, 15) is 4.79 Å². The van der Waals surface area contributed by atoms with Crippen molar-refractivity contribution in [3.63, 3.8) is 0 Å².